The Morgan fingerprint density at radius 1 is 1.00 bits per heavy atom. The summed E-state index contributed by atoms with van der Waals surface area (Å²) in [5.74, 6) is 1.79. The van der Waals surface area contributed by atoms with E-state index in [9.17, 15) is 4.79 Å². The average molecular weight is 333 g/mol. The molecule has 2 amide bonds. The van der Waals surface area contributed by atoms with E-state index in [-0.39, 0.29) is 6.03 Å². The van der Waals surface area contributed by atoms with Crippen molar-refractivity contribution in [1.82, 2.24) is 5.16 Å². The molecular formula is C19H15N3O3. The number of carbonyl (C=O) groups is 1. The summed E-state index contributed by atoms with van der Waals surface area (Å²) in [6, 6.07) is 18.5. The highest BCUT2D eigenvalue weighted by molar-refractivity contribution is 5.99. The molecule has 124 valence electrons. The highest BCUT2D eigenvalue weighted by Gasteiger charge is 2.08. The fraction of sp³-hybridized carbons (Fsp3) is 0.0526. The van der Waals surface area contributed by atoms with Gasteiger partial charge < -0.3 is 14.3 Å². The molecule has 0 aliphatic heterocycles. The number of benzene rings is 2. The van der Waals surface area contributed by atoms with Gasteiger partial charge in [0.05, 0.1) is 0 Å². The van der Waals surface area contributed by atoms with Crippen molar-refractivity contribution in [3.05, 3.63) is 66.4 Å². The molecule has 4 rings (SSSR count). The molecule has 2 aromatic carbocycles. The quantitative estimate of drug-likeness (QED) is 0.550. The van der Waals surface area contributed by atoms with Crippen LogP contribution in [0.1, 0.15) is 5.76 Å². The largest absolute Gasteiger partial charge is 0.456 e. The standard InChI is InChI=1S/C19H15N3O3/c1-12-10-18(22-25-12)21-19(23)20-15-8-6-13(7-9-15)17-11-14-4-2-3-5-16(14)24-17/h2-11H,1H3,(H2,20,21,22,23). The van der Waals surface area contributed by atoms with Crippen LogP contribution in [0.4, 0.5) is 16.3 Å². The number of urea groups is 1. The molecule has 0 aliphatic rings. The van der Waals surface area contributed by atoms with Crippen LogP contribution in [-0.4, -0.2) is 11.2 Å². The lowest BCUT2D eigenvalue weighted by Crippen LogP contribution is -2.19. The molecule has 0 saturated carbocycles. The van der Waals surface area contributed by atoms with Crippen molar-refractivity contribution in [2.45, 2.75) is 6.92 Å². The first kappa shape index (κ1) is 15.0. The van der Waals surface area contributed by atoms with Crippen molar-refractivity contribution in [2.24, 2.45) is 0 Å². The number of aromatic nitrogens is 1. The molecule has 6 heteroatoms. The highest BCUT2D eigenvalue weighted by Crippen LogP contribution is 2.28. The van der Waals surface area contributed by atoms with Crippen molar-refractivity contribution in [3.63, 3.8) is 0 Å². The molecule has 0 saturated heterocycles. The molecule has 0 atom stereocenters. The summed E-state index contributed by atoms with van der Waals surface area (Å²) in [5, 5.41) is 10.1. The van der Waals surface area contributed by atoms with Gasteiger partial charge in [-0.25, -0.2) is 4.79 Å². The van der Waals surface area contributed by atoms with Gasteiger partial charge in [0.25, 0.3) is 0 Å². The number of furan rings is 1. The lowest BCUT2D eigenvalue weighted by atomic mass is 10.1. The normalized spacial score (nSPS) is 10.8. The number of carbonyl (C=O) groups excluding carboxylic acids is 1. The van der Waals surface area contributed by atoms with E-state index in [1.54, 1.807) is 13.0 Å². The van der Waals surface area contributed by atoms with Crippen molar-refractivity contribution in [1.29, 1.82) is 0 Å². The smallest absolute Gasteiger partial charge is 0.324 e. The third-order valence-corrected chi connectivity index (χ3v) is 3.72. The average Bonchev–Trinajstić information content (AvgIpc) is 3.21. The van der Waals surface area contributed by atoms with E-state index < -0.39 is 0 Å². The van der Waals surface area contributed by atoms with Gasteiger partial charge in [0.15, 0.2) is 5.82 Å². The van der Waals surface area contributed by atoms with Crippen LogP contribution in [-0.2, 0) is 0 Å². The third-order valence-electron chi connectivity index (χ3n) is 3.72. The van der Waals surface area contributed by atoms with E-state index in [0.717, 1.165) is 22.3 Å². The number of hydrogen-bond donors (Lipinski definition) is 2. The predicted molar refractivity (Wildman–Crippen MR) is 95.5 cm³/mol. The first-order valence-electron chi connectivity index (χ1n) is 7.78. The molecular weight excluding hydrogens is 318 g/mol. The molecule has 0 bridgehead atoms. The number of aryl methyl sites for hydroxylation is 1. The Bertz CT molecular complexity index is 998. The molecule has 2 aromatic heterocycles. The lowest BCUT2D eigenvalue weighted by molar-refractivity contribution is 0.262. The number of para-hydroxylation sites is 1. The number of anilines is 2. The number of amides is 2. The van der Waals surface area contributed by atoms with Gasteiger partial charge in [-0.15, -0.1) is 0 Å². The first-order valence-corrected chi connectivity index (χ1v) is 7.78. The van der Waals surface area contributed by atoms with Gasteiger partial charge in [0.1, 0.15) is 17.1 Å². The van der Waals surface area contributed by atoms with E-state index >= 15 is 0 Å². The molecule has 0 unspecified atom stereocenters. The van der Waals surface area contributed by atoms with Gasteiger partial charge in [-0.05, 0) is 43.3 Å². The number of fused-ring (bicyclic) bond motifs is 1. The molecule has 0 spiro atoms. The van der Waals surface area contributed by atoms with Crippen LogP contribution in [0.15, 0.2) is 69.6 Å². The molecule has 4 aromatic rings. The Kier molecular flexibility index (Phi) is 3.70. The molecule has 6 nitrogen and oxygen atoms in total. The van der Waals surface area contributed by atoms with E-state index in [1.807, 2.05) is 54.6 Å². The van der Waals surface area contributed by atoms with Crippen LogP contribution < -0.4 is 10.6 Å². The van der Waals surface area contributed by atoms with Crippen LogP contribution in [0.5, 0.6) is 0 Å². The van der Waals surface area contributed by atoms with Gasteiger partial charge in [-0.3, -0.25) is 5.32 Å². The minimum atomic E-state index is -0.384. The second-order valence-corrected chi connectivity index (χ2v) is 5.63. The monoisotopic (exact) mass is 333 g/mol. The summed E-state index contributed by atoms with van der Waals surface area (Å²) in [5.41, 5.74) is 2.45. The lowest BCUT2D eigenvalue weighted by Gasteiger charge is -2.05. The fourth-order valence-electron chi connectivity index (χ4n) is 2.55. The molecule has 0 radical (unpaired) electrons. The Labute approximate surface area is 143 Å². The van der Waals surface area contributed by atoms with Crippen LogP contribution in [0.2, 0.25) is 0 Å². The zero-order valence-electron chi connectivity index (χ0n) is 13.4. The van der Waals surface area contributed by atoms with Crippen LogP contribution in [0.25, 0.3) is 22.3 Å². The maximum Gasteiger partial charge on any atom is 0.324 e. The van der Waals surface area contributed by atoms with E-state index in [4.69, 9.17) is 8.94 Å². The fourth-order valence-corrected chi connectivity index (χ4v) is 2.55. The number of nitrogens with zero attached hydrogens (tertiary/aromatic N) is 1. The summed E-state index contributed by atoms with van der Waals surface area (Å²) in [4.78, 5) is 11.9. The van der Waals surface area contributed by atoms with E-state index in [1.165, 1.54) is 0 Å². The zero-order valence-corrected chi connectivity index (χ0v) is 13.4. The number of rotatable bonds is 3. The van der Waals surface area contributed by atoms with Gasteiger partial charge in [-0.2, -0.15) is 0 Å². The zero-order chi connectivity index (χ0) is 17.2. The Hall–Kier alpha value is -3.54. The Morgan fingerprint density at radius 3 is 2.52 bits per heavy atom. The van der Waals surface area contributed by atoms with Crippen molar-refractivity contribution in [2.75, 3.05) is 10.6 Å². The summed E-state index contributed by atoms with van der Waals surface area (Å²) < 4.78 is 10.7. The summed E-state index contributed by atoms with van der Waals surface area (Å²) in [6.45, 7) is 1.76. The molecule has 2 N–H and O–H groups in total. The molecule has 25 heavy (non-hydrogen) atoms. The topological polar surface area (TPSA) is 80.3 Å². The van der Waals surface area contributed by atoms with Gasteiger partial charge in [0, 0.05) is 22.7 Å². The van der Waals surface area contributed by atoms with Crippen LogP contribution in [0.3, 0.4) is 0 Å². The van der Waals surface area contributed by atoms with Crippen molar-refractivity contribution >= 4 is 28.5 Å². The van der Waals surface area contributed by atoms with E-state index in [0.29, 0.717) is 17.3 Å². The van der Waals surface area contributed by atoms with Gasteiger partial charge >= 0.3 is 6.03 Å². The molecule has 0 aliphatic carbocycles. The summed E-state index contributed by atoms with van der Waals surface area (Å²) >= 11 is 0. The van der Waals surface area contributed by atoms with Crippen molar-refractivity contribution < 1.29 is 13.7 Å². The summed E-state index contributed by atoms with van der Waals surface area (Å²) in [7, 11) is 0. The van der Waals surface area contributed by atoms with Crippen molar-refractivity contribution in [3.8, 4) is 11.3 Å². The van der Waals surface area contributed by atoms with Crippen LogP contribution in [0, 0.1) is 6.92 Å². The number of nitrogens with one attached hydrogen (secondary N) is 2. The Morgan fingerprint density at radius 2 is 1.80 bits per heavy atom. The minimum absolute atomic E-state index is 0.369. The Balaban J connectivity index is 1.47. The SMILES string of the molecule is Cc1cc(NC(=O)Nc2ccc(-c3cc4ccccc4o3)cc2)no1. The summed E-state index contributed by atoms with van der Waals surface area (Å²) in [6.07, 6.45) is 0. The predicted octanol–water partition coefficient (Wildman–Crippen LogP) is 5.04. The second kappa shape index (κ2) is 6.16. The van der Waals surface area contributed by atoms with Gasteiger partial charge in [-0.1, -0.05) is 23.4 Å². The maximum absolute atomic E-state index is 11.9. The second-order valence-electron chi connectivity index (χ2n) is 5.63. The maximum atomic E-state index is 11.9. The molecule has 2 heterocycles. The number of hydrogen-bond acceptors (Lipinski definition) is 4. The highest BCUT2D eigenvalue weighted by atomic mass is 16.5. The van der Waals surface area contributed by atoms with Gasteiger partial charge in [0.2, 0.25) is 0 Å². The first-order chi connectivity index (χ1) is 12.2. The van der Waals surface area contributed by atoms with E-state index in [2.05, 4.69) is 15.8 Å². The third kappa shape index (κ3) is 3.23. The van der Waals surface area contributed by atoms with Crippen LogP contribution >= 0.6 is 0 Å². The minimum Gasteiger partial charge on any atom is -0.456 e. The molecule has 0 fully saturated rings.